The molecule has 1 fully saturated rings. The van der Waals surface area contributed by atoms with Gasteiger partial charge in [0.15, 0.2) is 5.82 Å². The minimum absolute atomic E-state index is 0.423. The van der Waals surface area contributed by atoms with Crippen LogP contribution in [0.25, 0.3) is 0 Å². The Balaban J connectivity index is 2.22. The molecule has 0 aromatic carbocycles. The van der Waals surface area contributed by atoms with Crippen LogP contribution in [0.15, 0.2) is 12.7 Å². The third-order valence-corrected chi connectivity index (χ3v) is 4.05. The number of rotatable bonds is 8. The minimum atomic E-state index is 0.423. The van der Waals surface area contributed by atoms with Gasteiger partial charge in [-0.3, -0.25) is 0 Å². The fraction of sp³-hybridized carbons (Fsp3) is 0.647. The normalized spacial score (nSPS) is 15.5. The van der Waals surface area contributed by atoms with Crippen LogP contribution < -0.4 is 15.8 Å². The van der Waals surface area contributed by atoms with E-state index in [4.69, 9.17) is 10.5 Å². The maximum atomic E-state index is 6.16. The Kier molecular flexibility index (Phi) is 6.49. The molecule has 1 aliphatic carbocycles. The molecule has 0 radical (unpaired) electrons. The molecule has 5 heteroatoms. The number of anilines is 2. The van der Waals surface area contributed by atoms with Gasteiger partial charge in [-0.15, -0.1) is 6.58 Å². The lowest BCUT2D eigenvalue weighted by molar-refractivity contribution is 0.296. The molecule has 1 aliphatic rings. The smallest absolute Gasteiger partial charge is 0.242 e. The van der Waals surface area contributed by atoms with Gasteiger partial charge in [0.2, 0.25) is 5.88 Å². The van der Waals surface area contributed by atoms with E-state index in [1.807, 2.05) is 0 Å². The van der Waals surface area contributed by atoms with Gasteiger partial charge in [0, 0.05) is 12.5 Å². The van der Waals surface area contributed by atoms with Crippen molar-refractivity contribution >= 4 is 11.5 Å². The van der Waals surface area contributed by atoms with Gasteiger partial charge < -0.3 is 15.8 Å². The van der Waals surface area contributed by atoms with Gasteiger partial charge in [-0.05, 0) is 19.3 Å². The lowest BCUT2D eigenvalue weighted by atomic mass is 9.88. The molecule has 0 aliphatic heterocycles. The first kappa shape index (κ1) is 16.6. The van der Waals surface area contributed by atoms with Crippen LogP contribution in [-0.2, 0) is 0 Å². The summed E-state index contributed by atoms with van der Waals surface area (Å²) in [6, 6.07) is 0. The van der Waals surface area contributed by atoms with Crippen molar-refractivity contribution < 1.29 is 4.74 Å². The molecular formula is C17H28N4O. The van der Waals surface area contributed by atoms with E-state index >= 15 is 0 Å². The second-order valence-electron chi connectivity index (χ2n) is 5.86. The number of nitrogens with two attached hydrogens (primary N) is 1. The number of aromatic nitrogens is 2. The predicted octanol–water partition coefficient (Wildman–Crippen LogP) is 3.88. The quantitative estimate of drug-likeness (QED) is 0.563. The van der Waals surface area contributed by atoms with Crippen LogP contribution in [0.2, 0.25) is 0 Å². The Morgan fingerprint density at radius 3 is 2.77 bits per heavy atom. The van der Waals surface area contributed by atoms with Crippen LogP contribution in [0.3, 0.4) is 0 Å². The largest absolute Gasteiger partial charge is 0.476 e. The number of hydrogen-bond acceptors (Lipinski definition) is 5. The number of nitrogens with zero attached hydrogens (tertiary/aromatic N) is 2. The highest BCUT2D eigenvalue weighted by atomic mass is 16.5. The Hall–Kier alpha value is -1.78. The van der Waals surface area contributed by atoms with Crippen LogP contribution in [-0.4, -0.2) is 23.1 Å². The van der Waals surface area contributed by atoms with Gasteiger partial charge in [0.25, 0.3) is 0 Å². The van der Waals surface area contributed by atoms with Crippen LogP contribution in [0.1, 0.15) is 63.6 Å². The first-order valence-electron chi connectivity index (χ1n) is 8.41. The molecule has 1 saturated carbocycles. The third kappa shape index (κ3) is 4.36. The molecule has 122 valence electrons. The molecule has 2 rings (SSSR count). The van der Waals surface area contributed by atoms with Crippen molar-refractivity contribution in [3.8, 4) is 5.88 Å². The van der Waals surface area contributed by atoms with Crippen LogP contribution >= 0.6 is 0 Å². The molecule has 5 nitrogen and oxygen atoms in total. The van der Waals surface area contributed by atoms with Crippen molar-refractivity contribution in [3.63, 3.8) is 0 Å². The molecule has 0 spiro atoms. The van der Waals surface area contributed by atoms with Crippen LogP contribution in [0, 0.1) is 0 Å². The molecule has 22 heavy (non-hydrogen) atoms. The summed E-state index contributed by atoms with van der Waals surface area (Å²) in [6.07, 6.45) is 9.99. The van der Waals surface area contributed by atoms with Crippen molar-refractivity contribution in [2.24, 2.45) is 0 Å². The summed E-state index contributed by atoms with van der Waals surface area (Å²) < 4.78 is 5.79. The Bertz CT molecular complexity index is 484. The summed E-state index contributed by atoms with van der Waals surface area (Å²) in [7, 11) is 0. The second kappa shape index (κ2) is 8.61. The van der Waals surface area contributed by atoms with Gasteiger partial charge in [-0.2, -0.15) is 4.98 Å². The molecule has 1 aromatic rings. The molecule has 3 N–H and O–H groups in total. The first-order valence-corrected chi connectivity index (χ1v) is 8.41. The first-order chi connectivity index (χ1) is 10.8. The van der Waals surface area contributed by atoms with Crippen LogP contribution in [0.5, 0.6) is 5.88 Å². The van der Waals surface area contributed by atoms with Crippen LogP contribution in [0.4, 0.5) is 11.5 Å². The summed E-state index contributed by atoms with van der Waals surface area (Å²) in [4.78, 5) is 9.26. The molecule has 1 heterocycles. The number of hydrogen-bond donors (Lipinski definition) is 2. The lowest BCUT2D eigenvalue weighted by Crippen LogP contribution is -2.15. The zero-order chi connectivity index (χ0) is 15.8. The Labute approximate surface area is 133 Å². The molecule has 0 amide bonds. The highest BCUT2D eigenvalue weighted by Gasteiger charge is 2.22. The average molecular weight is 304 g/mol. The molecule has 0 unspecified atom stereocenters. The fourth-order valence-electron chi connectivity index (χ4n) is 2.74. The summed E-state index contributed by atoms with van der Waals surface area (Å²) in [5.74, 6) is 2.48. The standard InChI is InChI=1S/C17H28N4O/c1-3-5-12-22-17-14(18)16(19-11-4-2)20-15(21-17)13-9-7-6-8-10-13/h4,13H,2-3,5-12,18H2,1H3,(H,19,20,21). The minimum Gasteiger partial charge on any atom is -0.476 e. The van der Waals surface area contributed by atoms with E-state index in [-0.39, 0.29) is 0 Å². The maximum absolute atomic E-state index is 6.16. The van der Waals surface area contributed by atoms with E-state index in [9.17, 15) is 0 Å². The maximum Gasteiger partial charge on any atom is 0.242 e. The Morgan fingerprint density at radius 2 is 2.09 bits per heavy atom. The summed E-state index contributed by atoms with van der Waals surface area (Å²) >= 11 is 0. The van der Waals surface area contributed by atoms with Crippen molar-refractivity contribution in [1.29, 1.82) is 0 Å². The SMILES string of the molecule is C=CCNc1nc(C2CCCCC2)nc(OCCCC)c1N. The van der Waals surface area contributed by atoms with E-state index in [1.54, 1.807) is 6.08 Å². The summed E-state index contributed by atoms with van der Waals surface area (Å²) in [5.41, 5.74) is 6.66. The summed E-state index contributed by atoms with van der Waals surface area (Å²) in [5, 5.41) is 3.20. The average Bonchev–Trinajstić information content (AvgIpc) is 2.56. The highest BCUT2D eigenvalue weighted by Crippen LogP contribution is 2.34. The molecule has 0 bridgehead atoms. The number of unbranched alkanes of at least 4 members (excludes halogenated alkanes) is 1. The summed E-state index contributed by atoms with van der Waals surface area (Å²) in [6.45, 7) is 7.13. The molecule has 0 saturated heterocycles. The zero-order valence-corrected chi connectivity index (χ0v) is 13.6. The molecule has 0 atom stereocenters. The van der Waals surface area contributed by atoms with Crippen molar-refractivity contribution in [1.82, 2.24) is 9.97 Å². The van der Waals surface area contributed by atoms with Crippen molar-refractivity contribution in [2.45, 2.75) is 57.8 Å². The molecular weight excluding hydrogens is 276 g/mol. The van der Waals surface area contributed by atoms with Crippen molar-refractivity contribution in [2.75, 3.05) is 24.2 Å². The van der Waals surface area contributed by atoms with Crippen molar-refractivity contribution in [3.05, 3.63) is 18.5 Å². The van der Waals surface area contributed by atoms with E-state index in [1.165, 1.54) is 19.3 Å². The number of nitrogen functional groups attached to an aromatic ring is 1. The Morgan fingerprint density at radius 1 is 1.32 bits per heavy atom. The number of nitrogens with one attached hydrogen (secondary N) is 1. The predicted molar refractivity (Wildman–Crippen MR) is 91.4 cm³/mol. The van der Waals surface area contributed by atoms with Gasteiger partial charge in [-0.25, -0.2) is 4.98 Å². The van der Waals surface area contributed by atoms with Gasteiger partial charge in [-0.1, -0.05) is 38.7 Å². The zero-order valence-electron chi connectivity index (χ0n) is 13.6. The third-order valence-electron chi connectivity index (χ3n) is 4.05. The lowest BCUT2D eigenvalue weighted by Gasteiger charge is -2.22. The van der Waals surface area contributed by atoms with Gasteiger partial charge in [0.05, 0.1) is 6.61 Å². The van der Waals surface area contributed by atoms with Gasteiger partial charge >= 0.3 is 0 Å². The molecule has 1 aromatic heterocycles. The van der Waals surface area contributed by atoms with Gasteiger partial charge in [0.1, 0.15) is 11.5 Å². The topological polar surface area (TPSA) is 73.1 Å². The fourth-order valence-corrected chi connectivity index (χ4v) is 2.74. The van der Waals surface area contributed by atoms with E-state index in [0.717, 1.165) is 31.5 Å². The van der Waals surface area contributed by atoms with E-state index in [2.05, 4.69) is 28.8 Å². The van der Waals surface area contributed by atoms with E-state index in [0.29, 0.717) is 36.5 Å². The van der Waals surface area contributed by atoms with E-state index < -0.39 is 0 Å². The monoisotopic (exact) mass is 304 g/mol. The highest BCUT2D eigenvalue weighted by molar-refractivity contribution is 5.67. The number of ether oxygens (including phenoxy) is 1. The second-order valence-corrected chi connectivity index (χ2v) is 5.86.